The predicted octanol–water partition coefficient (Wildman–Crippen LogP) is 2.69. The third kappa shape index (κ3) is 5.07. The number of hydrogen-bond donors (Lipinski definition) is 1. The van der Waals surface area contributed by atoms with Crippen LogP contribution in [-0.2, 0) is 4.79 Å². The molecule has 3 heteroatoms. The summed E-state index contributed by atoms with van der Waals surface area (Å²) in [5.41, 5.74) is 5.71. The molecule has 1 fully saturated rings. The molecule has 0 radical (unpaired) electrons. The number of hydrogen-bond acceptors (Lipinski definition) is 2. The Kier molecular flexibility index (Phi) is 6.56. The van der Waals surface area contributed by atoms with Crippen molar-refractivity contribution in [2.24, 2.45) is 5.73 Å². The highest BCUT2D eigenvalue weighted by molar-refractivity contribution is 5.76. The number of nitrogens with zero attached hydrogens (tertiary/aromatic N) is 1. The zero-order valence-electron chi connectivity index (χ0n) is 11.5. The van der Waals surface area contributed by atoms with E-state index < -0.39 is 0 Å². The predicted molar refractivity (Wildman–Crippen MR) is 71.8 cm³/mol. The first-order chi connectivity index (χ1) is 8.15. The van der Waals surface area contributed by atoms with Crippen LogP contribution in [0.3, 0.4) is 0 Å². The second-order valence-electron chi connectivity index (χ2n) is 5.37. The molecule has 2 unspecified atom stereocenters. The number of carbonyl (C=O) groups is 1. The smallest absolute Gasteiger partial charge is 0.222 e. The monoisotopic (exact) mass is 240 g/mol. The lowest BCUT2D eigenvalue weighted by atomic mass is 10.1. The molecule has 1 heterocycles. The van der Waals surface area contributed by atoms with E-state index in [1.807, 2.05) is 6.92 Å². The molecule has 1 aliphatic rings. The Balaban J connectivity index is 2.40. The zero-order chi connectivity index (χ0) is 12.7. The van der Waals surface area contributed by atoms with E-state index in [9.17, 15) is 4.79 Å². The van der Waals surface area contributed by atoms with Crippen molar-refractivity contribution in [1.29, 1.82) is 0 Å². The molecule has 2 atom stereocenters. The third-order valence-electron chi connectivity index (χ3n) is 3.72. The maximum Gasteiger partial charge on any atom is 0.222 e. The lowest BCUT2D eigenvalue weighted by molar-refractivity contribution is -0.133. The van der Waals surface area contributed by atoms with E-state index in [-0.39, 0.29) is 6.04 Å². The molecule has 0 bridgehead atoms. The highest BCUT2D eigenvalue weighted by Crippen LogP contribution is 2.20. The van der Waals surface area contributed by atoms with Crippen LogP contribution in [0.5, 0.6) is 0 Å². The van der Waals surface area contributed by atoms with Gasteiger partial charge in [0.2, 0.25) is 5.91 Å². The van der Waals surface area contributed by atoms with Gasteiger partial charge in [0.15, 0.2) is 0 Å². The molecular formula is C14H28N2O. The molecule has 0 aromatic carbocycles. The van der Waals surface area contributed by atoms with Crippen molar-refractivity contribution in [2.45, 2.75) is 77.3 Å². The minimum absolute atomic E-state index is 0.217. The second-order valence-corrected chi connectivity index (χ2v) is 5.37. The summed E-state index contributed by atoms with van der Waals surface area (Å²) in [4.78, 5) is 14.3. The summed E-state index contributed by atoms with van der Waals surface area (Å²) >= 11 is 0. The van der Waals surface area contributed by atoms with Gasteiger partial charge in [0.25, 0.3) is 0 Å². The van der Waals surface area contributed by atoms with E-state index in [2.05, 4.69) is 11.8 Å². The van der Waals surface area contributed by atoms with Crippen LogP contribution in [0.25, 0.3) is 0 Å². The van der Waals surface area contributed by atoms with Crippen molar-refractivity contribution >= 4 is 5.91 Å². The number of amides is 1. The van der Waals surface area contributed by atoms with Gasteiger partial charge in [0.05, 0.1) is 0 Å². The van der Waals surface area contributed by atoms with E-state index in [0.717, 1.165) is 25.8 Å². The lowest BCUT2D eigenvalue weighted by Crippen LogP contribution is -2.39. The van der Waals surface area contributed by atoms with E-state index in [0.29, 0.717) is 18.4 Å². The minimum Gasteiger partial charge on any atom is -0.340 e. The molecule has 2 N–H and O–H groups in total. The molecule has 0 aromatic heterocycles. The van der Waals surface area contributed by atoms with Crippen molar-refractivity contribution in [2.75, 3.05) is 6.54 Å². The Morgan fingerprint density at radius 3 is 2.82 bits per heavy atom. The molecule has 1 aliphatic heterocycles. The van der Waals surface area contributed by atoms with Crippen LogP contribution in [0.15, 0.2) is 0 Å². The van der Waals surface area contributed by atoms with Crippen molar-refractivity contribution in [1.82, 2.24) is 4.90 Å². The minimum atomic E-state index is 0.217. The maximum atomic E-state index is 12.2. The van der Waals surface area contributed by atoms with Gasteiger partial charge in [-0.15, -0.1) is 0 Å². The summed E-state index contributed by atoms with van der Waals surface area (Å²) in [7, 11) is 0. The van der Waals surface area contributed by atoms with E-state index in [4.69, 9.17) is 5.73 Å². The standard InChI is InChI=1S/C14H28N2O/c1-3-13-9-5-4-6-11-16(13)14(17)10-7-8-12(2)15/h12-13H,3-11,15H2,1-2H3. The Bertz CT molecular complexity index is 228. The molecule has 0 aromatic rings. The Hall–Kier alpha value is -0.570. The van der Waals surface area contributed by atoms with Gasteiger partial charge < -0.3 is 10.6 Å². The van der Waals surface area contributed by atoms with Gasteiger partial charge in [-0.05, 0) is 39.0 Å². The summed E-state index contributed by atoms with van der Waals surface area (Å²) in [6.45, 7) is 5.17. The quantitative estimate of drug-likeness (QED) is 0.803. The van der Waals surface area contributed by atoms with Gasteiger partial charge in [-0.25, -0.2) is 0 Å². The first kappa shape index (κ1) is 14.5. The highest BCUT2D eigenvalue weighted by atomic mass is 16.2. The molecule has 17 heavy (non-hydrogen) atoms. The van der Waals surface area contributed by atoms with E-state index in [1.54, 1.807) is 0 Å². The van der Waals surface area contributed by atoms with E-state index in [1.165, 1.54) is 25.7 Å². The van der Waals surface area contributed by atoms with Crippen LogP contribution in [0.4, 0.5) is 0 Å². The van der Waals surface area contributed by atoms with Gasteiger partial charge in [-0.1, -0.05) is 19.8 Å². The molecule has 0 aliphatic carbocycles. The highest BCUT2D eigenvalue weighted by Gasteiger charge is 2.23. The second kappa shape index (κ2) is 7.70. The average molecular weight is 240 g/mol. The maximum absolute atomic E-state index is 12.2. The van der Waals surface area contributed by atoms with Crippen LogP contribution in [0.2, 0.25) is 0 Å². The fraction of sp³-hybridized carbons (Fsp3) is 0.929. The number of rotatable bonds is 5. The Morgan fingerprint density at radius 1 is 1.41 bits per heavy atom. The average Bonchev–Trinajstić information content (AvgIpc) is 2.52. The fourth-order valence-corrected chi connectivity index (χ4v) is 2.65. The van der Waals surface area contributed by atoms with Gasteiger partial charge in [-0.2, -0.15) is 0 Å². The van der Waals surface area contributed by atoms with Crippen molar-refractivity contribution < 1.29 is 4.79 Å². The Morgan fingerprint density at radius 2 is 2.18 bits per heavy atom. The molecule has 1 saturated heterocycles. The molecule has 100 valence electrons. The van der Waals surface area contributed by atoms with Crippen molar-refractivity contribution in [3.63, 3.8) is 0 Å². The van der Waals surface area contributed by atoms with E-state index >= 15 is 0 Å². The zero-order valence-corrected chi connectivity index (χ0v) is 11.5. The Labute approximate surface area is 106 Å². The lowest BCUT2D eigenvalue weighted by Gasteiger charge is -2.29. The van der Waals surface area contributed by atoms with Gasteiger partial charge in [0, 0.05) is 25.0 Å². The van der Waals surface area contributed by atoms with Gasteiger partial charge in [-0.3, -0.25) is 4.79 Å². The van der Waals surface area contributed by atoms with Gasteiger partial charge >= 0.3 is 0 Å². The molecule has 3 nitrogen and oxygen atoms in total. The fourth-order valence-electron chi connectivity index (χ4n) is 2.65. The first-order valence-corrected chi connectivity index (χ1v) is 7.20. The summed E-state index contributed by atoms with van der Waals surface area (Å²) in [5, 5.41) is 0. The molecule has 1 amide bonds. The largest absolute Gasteiger partial charge is 0.340 e. The first-order valence-electron chi connectivity index (χ1n) is 7.20. The van der Waals surface area contributed by atoms with Crippen LogP contribution < -0.4 is 5.73 Å². The third-order valence-corrected chi connectivity index (χ3v) is 3.72. The molecular weight excluding hydrogens is 212 g/mol. The normalized spacial score (nSPS) is 23.2. The molecule has 0 saturated carbocycles. The van der Waals surface area contributed by atoms with Crippen molar-refractivity contribution in [3.8, 4) is 0 Å². The molecule has 0 spiro atoms. The molecule has 1 rings (SSSR count). The van der Waals surface area contributed by atoms with Crippen LogP contribution in [-0.4, -0.2) is 29.4 Å². The summed E-state index contributed by atoms with van der Waals surface area (Å²) in [6, 6.07) is 0.703. The summed E-state index contributed by atoms with van der Waals surface area (Å²) in [5.74, 6) is 0.347. The van der Waals surface area contributed by atoms with Crippen LogP contribution >= 0.6 is 0 Å². The van der Waals surface area contributed by atoms with Crippen LogP contribution in [0.1, 0.15) is 65.2 Å². The SMILES string of the molecule is CCC1CCCCCN1C(=O)CCCC(C)N. The number of likely N-dealkylation sites (tertiary alicyclic amines) is 1. The number of nitrogens with two attached hydrogens (primary N) is 1. The topological polar surface area (TPSA) is 46.3 Å². The van der Waals surface area contributed by atoms with Gasteiger partial charge in [0.1, 0.15) is 0 Å². The number of carbonyl (C=O) groups excluding carboxylic acids is 1. The summed E-state index contributed by atoms with van der Waals surface area (Å²) in [6.07, 6.45) is 8.59. The van der Waals surface area contributed by atoms with Crippen molar-refractivity contribution in [3.05, 3.63) is 0 Å². The van der Waals surface area contributed by atoms with Crippen LogP contribution in [0, 0.1) is 0 Å². The summed E-state index contributed by atoms with van der Waals surface area (Å²) < 4.78 is 0.